The third kappa shape index (κ3) is 6.74. The summed E-state index contributed by atoms with van der Waals surface area (Å²) in [7, 11) is 0. The van der Waals surface area contributed by atoms with E-state index in [9.17, 15) is 9.59 Å². The quantitative estimate of drug-likeness (QED) is 0.264. The molecule has 202 valence electrons. The molecule has 3 amide bonds. The Kier molecular flexibility index (Phi) is 8.49. The molecule has 0 spiro atoms. The van der Waals surface area contributed by atoms with Gasteiger partial charge in [-0.2, -0.15) is 5.10 Å². The van der Waals surface area contributed by atoms with Crippen molar-refractivity contribution in [3.8, 4) is 16.8 Å². The van der Waals surface area contributed by atoms with E-state index in [1.54, 1.807) is 9.58 Å². The lowest BCUT2D eigenvalue weighted by Crippen LogP contribution is -2.42. The predicted molar refractivity (Wildman–Crippen MR) is 158 cm³/mol. The Hall–Kier alpha value is -4.39. The molecule has 0 radical (unpaired) electrons. The minimum Gasteiger partial charge on any atom is -0.315 e. The van der Waals surface area contributed by atoms with Gasteiger partial charge in [-0.15, -0.1) is 0 Å². The van der Waals surface area contributed by atoms with Gasteiger partial charge in [0.15, 0.2) is 0 Å². The van der Waals surface area contributed by atoms with Crippen LogP contribution in [0.1, 0.15) is 36.2 Å². The maximum Gasteiger partial charge on any atom is 0.322 e. The number of urea groups is 1. The summed E-state index contributed by atoms with van der Waals surface area (Å²) in [6.07, 6.45) is 0. The molecule has 4 aromatic rings. The number of nitrogens with one attached hydrogen (secondary N) is 2. The number of hydrogen-bond donors (Lipinski definition) is 2. The van der Waals surface area contributed by atoms with Crippen molar-refractivity contribution in [3.05, 3.63) is 95.2 Å². The number of aromatic nitrogens is 2. The minimum absolute atomic E-state index is 0.0960. The topological polar surface area (TPSA) is 79.3 Å². The van der Waals surface area contributed by atoms with E-state index >= 15 is 0 Å². The third-order valence-electron chi connectivity index (χ3n) is 6.62. The van der Waals surface area contributed by atoms with E-state index in [-0.39, 0.29) is 24.4 Å². The minimum atomic E-state index is -0.311. The molecule has 7 nitrogen and oxygen atoms in total. The summed E-state index contributed by atoms with van der Waals surface area (Å²) in [5.41, 5.74) is 7.52. The molecule has 0 aliphatic rings. The van der Waals surface area contributed by atoms with Crippen LogP contribution in [0.5, 0.6) is 0 Å². The Bertz CT molecular complexity index is 1460. The number of carbonyl (C=O) groups excluding carboxylic acids is 2. The van der Waals surface area contributed by atoms with E-state index in [1.807, 2.05) is 114 Å². The van der Waals surface area contributed by atoms with Crippen molar-refractivity contribution in [3.63, 3.8) is 0 Å². The monoisotopic (exact) mass is 523 g/mol. The van der Waals surface area contributed by atoms with Crippen LogP contribution in [0.4, 0.5) is 16.3 Å². The molecule has 0 aliphatic carbocycles. The zero-order chi connectivity index (χ0) is 28.1. The smallest absolute Gasteiger partial charge is 0.315 e. The van der Waals surface area contributed by atoms with E-state index in [2.05, 4.69) is 10.6 Å². The number of nitrogens with zero attached hydrogens (tertiary/aromatic N) is 3. The Labute approximate surface area is 230 Å². The fourth-order valence-electron chi connectivity index (χ4n) is 4.49. The SMILES string of the molecule is Cc1ccc(-n2nc(C)c(-c3ccccc3)c2NC(=O)CN(CC(C)C)C(=O)Nc2ccc(C)c(C)c2)cc1. The van der Waals surface area contributed by atoms with Crippen LogP contribution >= 0.6 is 0 Å². The summed E-state index contributed by atoms with van der Waals surface area (Å²) in [5.74, 6) is 0.464. The van der Waals surface area contributed by atoms with Gasteiger partial charge in [-0.05, 0) is 74.6 Å². The van der Waals surface area contributed by atoms with Gasteiger partial charge in [-0.1, -0.05) is 67.9 Å². The molecule has 1 heterocycles. The molecule has 0 aliphatic heterocycles. The first-order valence-electron chi connectivity index (χ1n) is 13.3. The first kappa shape index (κ1) is 27.6. The van der Waals surface area contributed by atoms with E-state index in [4.69, 9.17) is 5.10 Å². The van der Waals surface area contributed by atoms with Crippen LogP contribution in [0, 0.1) is 33.6 Å². The molecule has 0 saturated carbocycles. The van der Waals surface area contributed by atoms with Crippen LogP contribution in [-0.2, 0) is 4.79 Å². The molecular weight excluding hydrogens is 486 g/mol. The molecule has 7 heteroatoms. The molecule has 39 heavy (non-hydrogen) atoms. The first-order valence-corrected chi connectivity index (χ1v) is 13.3. The fraction of sp³-hybridized carbons (Fsp3) is 0.281. The van der Waals surface area contributed by atoms with Crippen LogP contribution in [0.3, 0.4) is 0 Å². The zero-order valence-electron chi connectivity index (χ0n) is 23.6. The number of amides is 3. The molecule has 4 rings (SSSR count). The second-order valence-corrected chi connectivity index (χ2v) is 10.5. The van der Waals surface area contributed by atoms with Crippen LogP contribution in [0.25, 0.3) is 16.8 Å². The van der Waals surface area contributed by atoms with Crippen molar-refractivity contribution in [2.45, 2.75) is 41.5 Å². The maximum absolute atomic E-state index is 13.5. The van der Waals surface area contributed by atoms with Gasteiger partial charge >= 0.3 is 6.03 Å². The van der Waals surface area contributed by atoms with E-state index < -0.39 is 0 Å². The average molecular weight is 524 g/mol. The van der Waals surface area contributed by atoms with Gasteiger partial charge in [0.2, 0.25) is 5.91 Å². The van der Waals surface area contributed by atoms with Gasteiger partial charge in [-0.3, -0.25) is 4.79 Å². The molecule has 1 aromatic heterocycles. The van der Waals surface area contributed by atoms with Gasteiger partial charge < -0.3 is 15.5 Å². The van der Waals surface area contributed by atoms with E-state index in [0.717, 1.165) is 39.2 Å². The van der Waals surface area contributed by atoms with Gasteiger partial charge in [0, 0.05) is 17.8 Å². The molecule has 0 saturated heterocycles. The lowest BCUT2D eigenvalue weighted by Gasteiger charge is -2.25. The highest BCUT2D eigenvalue weighted by Gasteiger charge is 2.23. The second-order valence-electron chi connectivity index (χ2n) is 10.5. The molecule has 0 bridgehead atoms. The summed E-state index contributed by atoms with van der Waals surface area (Å²) >= 11 is 0. The van der Waals surface area contributed by atoms with Crippen LogP contribution < -0.4 is 10.6 Å². The number of hydrogen-bond acceptors (Lipinski definition) is 3. The van der Waals surface area contributed by atoms with Gasteiger partial charge in [0.1, 0.15) is 12.4 Å². The number of aryl methyl sites for hydroxylation is 4. The summed E-state index contributed by atoms with van der Waals surface area (Å²) in [6.45, 7) is 12.4. The second kappa shape index (κ2) is 12.0. The van der Waals surface area contributed by atoms with Crippen molar-refractivity contribution < 1.29 is 9.59 Å². The first-order chi connectivity index (χ1) is 18.6. The highest BCUT2D eigenvalue weighted by Crippen LogP contribution is 2.33. The molecule has 0 unspecified atom stereocenters. The van der Waals surface area contributed by atoms with Crippen LogP contribution in [0.2, 0.25) is 0 Å². The number of benzene rings is 3. The van der Waals surface area contributed by atoms with Crippen molar-refractivity contribution in [2.75, 3.05) is 23.7 Å². The summed E-state index contributed by atoms with van der Waals surface area (Å²) in [6, 6.07) is 23.4. The van der Waals surface area contributed by atoms with E-state index in [1.165, 1.54) is 0 Å². The molecule has 0 fully saturated rings. The zero-order valence-corrected chi connectivity index (χ0v) is 23.6. The Morgan fingerprint density at radius 1 is 0.872 bits per heavy atom. The Morgan fingerprint density at radius 2 is 1.56 bits per heavy atom. The van der Waals surface area contributed by atoms with Gasteiger partial charge in [0.25, 0.3) is 0 Å². The van der Waals surface area contributed by atoms with E-state index in [0.29, 0.717) is 18.1 Å². The predicted octanol–water partition coefficient (Wildman–Crippen LogP) is 6.90. The largest absolute Gasteiger partial charge is 0.322 e. The standard InChI is InChI=1S/C32H37N5O2/c1-21(2)19-36(32(39)33-27-15-14-23(4)24(5)18-27)20-29(38)34-31-30(26-10-8-7-9-11-26)25(6)35-37(31)28-16-12-22(3)13-17-28/h7-18,21H,19-20H2,1-6H3,(H,33,39)(H,34,38). The third-order valence-corrected chi connectivity index (χ3v) is 6.62. The lowest BCUT2D eigenvalue weighted by molar-refractivity contribution is -0.116. The van der Waals surface area contributed by atoms with Crippen LogP contribution in [-0.4, -0.2) is 39.7 Å². The lowest BCUT2D eigenvalue weighted by atomic mass is 10.1. The summed E-state index contributed by atoms with van der Waals surface area (Å²) in [4.78, 5) is 28.3. The Morgan fingerprint density at radius 3 is 2.21 bits per heavy atom. The summed E-state index contributed by atoms with van der Waals surface area (Å²) in [5, 5.41) is 10.8. The molecule has 3 aromatic carbocycles. The van der Waals surface area contributed by atoms with Crippen molar-refractivity contribution in [1.29, 1.82) is 0 Å². The normalized spacial score (nSPS) is 10.9. The van der Waals surface area contributed by atoms with Crippen LogP contribution in [0.15, 0.2) is 72.8 Å². The maximum atomic E-state index is 13.5. The number of rotatable bonds is 8. The van der Waals surface area contributed by atoms with Crippen molar-refractivity contribution >= 4 is 23.4 Å². The highest BCUT2D eigenvalue weighted by atomic mass is 16.2. The molecule has 2 N–H and O–H groups in total. The molecule has 0 atom stereocenters. The van der Waals surface area contributed by atoms with Gasteiger partial charge in [-0.25, -0.2) is 9.48 Å². The Balaban J connectivity index is 1.63. The number of anilines is 2. The average Bonchev–Trinajstić information content (AvgIpc) is 3.21. The number of carbonyl (C=O) groups is 2. The molecular formula is C32H37N5O2. The highest BCUT2D eigenvalue weighted by molar-refractivity contribution is 5.99. The van der Waals surface area contributed by atoms with Gasteiger partial charge in [0.05, 0.1) is 11.4 Å². The fourth-order valence-corrected chi connectivity index (χ4v) is 4.49. The summed E-state index contributed by atoms with van der Waals surface area (Å²) < 4.78 is 1.76. The van der Waals surface area contributed by atoms with Crippen molar-refractivity contribution in [2.24, 2.45) is 5.92 Å². The van der Waals surface area contributed by atoms with Crippen molar-refractivity contribution in [1.82, 2.24) is 14.7 Å².